The molecule has 3 aromatic carbocycles. The van der Waals surface area contributed by atoms with Crippen molar-refractivity contribution in [2.24, 2.45) is 0 Å². The molecule has 8 heteroatoms. The molecular formula is C26H19BrN4O2S. The Morgan fingerprint density at radius 3 is 2.71 bits per heavy atom. The van der Waals surface area contributed by atoms with Crippen LogP contribution in [0.2, 0.25) is 0 Å². The number of benzene rings is 3. The Morgan fingerprint density at radius 2 is 1.85 bits per heavy atom. The molecule has 0 fully saturated rings. The fraction of sp³-hybridized carbons (Fsp3) is 0.0385. The van der Waals surface area contributed by atoms with Crippen LogP contribution in [0.25, 0.3) is 10.9 Å². The average Bonchev–Trinajstić information content (AvgIpc) is 2.86. The molecule has 0 amide bonds. The Balaban J connectivity index is 1.47. The van der Waals surface area contributed by atoms with Crippen LogP contribution in [0.1, 0.15) is 5.56 Å². The number of rotatable bonds is 7. The number of fused-ring (bicyclic) bond motifs is 1. The van der Waals surface area contributed by atoms with Crippen LogP contribution in [0.4, 0.5) is 11.5 Å². The molecule has 0 aliphatic carbocycles. The van der Waals surface area contributed by atoms with Crippen molar-refractivity contribution in [3.63, 3.8) is 0 Å². The Hall–Kier alpha value is -3.62. The summed E-state index contributed by atoms with van der Waals surface area (Å²) in [6.07, 6.45) is 4.99. The standard InChI is InChI=1S/C26H19BrN4O2S/c27-18-3-1-2-17(12-18)15-33-20-6-9-25(34-21-7-4-19(32)5-8-21)24(13-20)31-26-22-14-28-11-10-23(22)29-16-30-26/h1-14,16,32H,15H2,(H,29,30,31). The monoisotopic (exact) mass is 530 g/mol. The van der Waals surface area contributed by atoms with E-state index < -0.39 is 0 Å². The summed E-state index contributed by atoms with van der Waals surface area (Å²) in [5, 5.41) is 13.9. The molecule has 0 bridgehead atoms. The minimum atomic E-state index is 0.235. The zero-order chi connectivity index (χ0) is 23.3. The molecule has 0 atom stereocenters. The zero-order valence-electron chi connectivity index (χ0n) is 17.9. The van der Waals surface area contributed by atoms with Crippen molar-refractivity contribution in [1.29, 1.82) is 0 Å². The first-order valence-corrected chi connectivity index (χ1v) is 12.0. The molecule has 2 heterocycles. The fourth-order valence-corrected chi connectivity index (χ4v) is 4.68. The van der Waals surface area contributed by atoms with Gasteiger partial charge in [-0.25, -0.2) is 9.97 Å². The first-order chi connectivity index (χ1) is 16.6. The maximum atomic E-state index is 9.62. The first-order valence-electron chi connectivity index (χ1n) is 10.4. The molecule has 0 radical (unpaired) electrons. The number of hydrogen-bond donors (Lipinski definition) is 2. The third-order valence-electron chi connectivity index (χ3n) is 5.00. The zero-order valence-corrected chi connectivity index (χ0v) is 20.3. The Morgan fingerprint density at radius 1 is 0.971 bits per heavy atom. The topological polar surface area (TPSA) is 80.2 Å². The van der Waals surface area contributed by atoms with E-state index in [0.717, 1.165) is 42.2 Å². The lowest BCUT2D eigenvalue weighted by atomic mass is 10.2. The van der Waals surface area contributed by atoms with Gasteiger partial charge in [-0.2, -0.15) is 0 Å². The van der Waals surface area contributed by atoms with Crippen molar-refractivity contribution in [2.75, 3.05) is 5.32 Å². The van der Waals surface area contributed by atoms with E-state index in [4.69, 9.17) is 4.74 Å². The fourth-order valence-electron chi connectivity index (χ4n) is 3.35. The molecule has 5 aromatic rings. The lowest BCUT2D eigenvalue weighted by Crippen LogP contribution is -2.00. The van der Waals surface area contributed by atoms with Gasteiger partial charge in [0.1, 0.15) is 30.3 Å². The number of nitrogens with zero attached hydrogens (tertiary/aromatic N) is 3. The number of phenols is 1. The number of anilines is 2. The van der Waals surface area contributed by atoms with E-state index in [1.165, 1.54) is 6.33 Å². The number of halogens is 1. The second-order valence-corrected chi connectivity index (χ2v) is 9.44. The third kappa shape index (κ3) is 5.30. The van der Waals surface area contributed by atoms with Gasteiger partial charge < -0.3 is 15.2 Å². The summed E-state index contributed by atoms with van der Waals surface area (Å²) in [4.78, 5) is 15.0. The molecule has 6 nitrogen and oxygen atoms in total. The molecule has 34 heavy (non-hydrogen) atoms. The maximum absolute atomic E-state index is 9.62. The van der Waals surface area contributed by atoms with Gasteiger partial charge in [0, 0.05) is 32.7 Å². The number of aromatic hydroxyl groups is 1. The Labute approximate surface area is 209 Å². The molecule has 0 aliphatic heterocycles. The lowest BCUT2D eigenvalue weighted by Gasteiger charge is -2.15. The van der Waals surface area contributed by atoms with E-state index >= 15 is 0 Å². The number of nitrogens with one attached hydrogen (secondary N) is 1. The van der Waals surface area contributed by atoms with Crippen LogP contribution in [0.3, 0.4) is 0 Å². The molecule has 2 N–H and O–H groups in total. The highest BCUT2D eigenvalue weighted by molar-refractivity contribution is 9.10. The van der Waals surface area contributed by atoms with E-state index in [-0.39, 0.29) is 5.75 Å². The summed E-state index contributed by atoms with van der Waals surface area (Å²) in [6.45, 7) is 0.448. The minimum absolute atomic E-state index is 0.235. The highest BCUT2D eigenvalue weighted by Gasteiger charge is 2.11. The highest BCUT2D eigenvalue weighted by atomic mass is 79.9. The molecule has 2 aromatic heterocycles. The summed E-state index contributed by atoms with van der Waals surface area (Å²) in [7, 11) is 0. The molecule has 168 valence electrons. The summed E-state index contributed by atoms with van der Waals surface area (Å²) in [5.41, 5.74) is 2.72. The smallest absolute Gasteiger partial charge is 0.143 e. The van der Waals surface area contributed by atoms with E-state index in [2.05, 4.69) is 36.2 Å². The Kier molecular flexibility index (Phi) is 6.60. The normalized spacial score (nSPS) is 10.9. The predicted molar refractivity (Wildman–Crippen MR) is 138 cm³/mol. The van der Waals surface area contributed by atoms with Gasteiger partial charge in [0.05, 0.1) is 16.6 Å². The summed E-state index contributed by atoms with van der Waals surface area (Å²) >= 11 is 5.08. The second-order valence-electron chi connectivity index (χ2n) is 7.41. The number of aromatic nitrogens is 3. The number of phenolic OH excluding ortho intramolecular Hbond substituents is 1. The van der Waals surface area contributed by atoms with Gasteiger partial charge in [0.25, 0.3) is 0 Å². The molecule has 0 saturated heterocycles. The van der Waals surface area contributed by atoms with Crippen molar-refractivity contribution >= 4 is 50.1 Å². The molecule has 0 saturated carbocycles. The highest BCUT2D eigenvalue weighted by Crippen LogP contribution is 2.38. The van der Waals surface area contributed by atoms with Crippen molar-refractivity contribution in [2.45, 2.75) is 16.4 Å². The second kappa shape index (κ2) is 10.1. The van der Waals surface area contributed by atoms with Crippen molar-refractivity contribution in [1.82, 2.24) is 15.0 Å². The van der Waals surface area contributed by atoms with Gasteiger partial charge in [-0.05, 0) is 60.2 Å². The van der Waals surface area contributed by atoms with Gasteiger partial charge in [0.15, 0.2) is 0 Å². The maximum Gasteiger partial charge on any atom is 0.143 e. The lowest BCUT2D eigenvalue weighted by molar-refractivity contribution is 0.306. The van der Waals surface area contributed by atoms with Crippen LogP contribution >= 0.6 is 27.7 Å². The van der Waals surface area contributed by atoms with Crippen LogP contribution in [-0.4, -0.2) is 20.1 Å². The van der Waals surface area contributed by atoms with Gasteiger partial charge in [-0.15, -0.1) is 0 Å². The SMILES string of the molecule is Oc1ccc(Sc2ccc(OCc3cccc(Br)c3)cc2Nc2ncnc3ccncc23)cc1. The number of ether oxygens (including phenoxy) is 1. The van der Waals surface area contributed by atoms with E-state index in [9.17, 15) is 5.11 Å². The summed E-state index contributed by atoms with van der Waals surface area (Å²) in [6, 6.07) is 22.9. The molecule has 0 unspecified atom stereocenters. The quantitative estimate of drug-likeness (QED) is 0.235. The molecule has 0 spiro atoms. The minimum Gasteiger partial charge on any atom is -0.508 e. The predicted octanol–water partition coefficient (Wildman–Crippen LogP) is 6.97. The van der Waals surface area contributed by atoms with Gasteiger partial charge in [-0.1, -0.05) is 39.8 Å². The van der Waals surface area contributed by atoms with Crippen molar-refractivity contribution in [3.05, 3.63) is 102 Å². The summed E-state index contributed by atoms with van der Waals surface area (Å²) < 4.78 is 7.10. The van der Waals surface area contributed by atoms with Crippen LogP contribution in [0.5, 0.6) is 11.5 Å². The van der Waals surface area contributed by atoms with Crippen LogP contribution < -0.4 is 10.1 Å². The average molecular weight is 531 g/mol. The van der Waals surface area contributed by atoms with Gasteiger partial charge in [-0.3, -0.25) is 4.98 Å². The first kappa shape index (κ1) is 22.2. The van der Waals surface area contributed by atoms with Crippen LogP contribution in [0, 0.1) is 0 Å². The van der Waals surface area contributed by atoms with Gasteiger partial charge >= 0.3 is 0 Å². The summed E-state index contributed by atoms with van der Waals surface area (Å²) in [5.74, 6) is 1.63. The van der Waals surface area contributed by atoms with Crippen molar-refractivity contribution < 1.29 is 9.84 Å². The Bertz CT molecular complexity index is 1440. The van der Waals surface area contributed by atoms with Crippen LogP contribution in [0.15, 0.2) is 106 Å². The number of pyridine rings is 1. The molecular weight excluding hydrogens is 512 g/mol. The molecule has 0 aliphatic rings. The van der Waals surface area contributed by atoms with Crippen molar-refractivity contribution in [3.8, 4) is 11.5 Å². The van der Waals surface area contributed by atoms with E-state index in [1.54, 1.807) is 36.3 Å². The van der Waals surface area contributed by atoms with Crippen LogP contribution in [-0.2, 0) is 6.61 Å². The largest absolute Gasteiger partial charge is 0.508 e. The third-order valence-corrected chi connectivity index (χ3v) is 6.58. The molecule has 5 rings (SSSR count). The van der Waals surface area contributed by atoms with E-state index in [1.807, 2.05) is 60.7 Å². The number of hydrogen-bond acceptors (Lipinski definition) is 7. The van der Waals surface area contributed by atoms with Gasteiger partial charge in [0.2, 0.25) is 0 Å². The van der Waals surface area contributed by atoms with E-state index in [0.29, 0.717) is 12.4 Å².